The molecule has 0 spiro atoms. The Morgan fingerprint density at radius 1 is 1.41 bits per heavy atom. The summed E-state index contributed by atoms with van der Waals surface area (Å²) in [6.45, 7) is 2.19. The van der Waals surface area contributed by atoms with E-state index in [2.05, 4.69) is 23.8 Å². The Kier molecular flexibility index (Phi) is 5.01. The summed E-state index contributed by atoms with van der Waals surface area (Å²) >= 11 is 1.81. The molecule has 1 aromatic heterocycles. The van der Waals surface area contributed by atoms with Crippen molar-refractivity contribution in [3.8, 4) is 0 Å². The average Bonchev–Trinajstić information content (AvgIpc) is 2.78. The van der Waals surface area contributed by atoms with Gasteiger partial charge in [0.15, 0.2) is 0 Å². The average molecular weight is 252 g/mol. The Hall–Kier alpha value is -0.380. The van der Waals surface area contributed by atoms with Crippen LogP contribution in [0.25, 0.3) is 0 Å². The smallest absolute Gasteiger partial charge is 0.0471 e. The summed E-state index contributed by atoms with van der Waals surface area (Å²) in [6.07, 6.45) is 9.67. The molecule has 0 radical (unpaired) electrons. The van der Waals surface area contributed by atoms with Crippen LogP contribution in [-0.2, 0) is 0 Å². The van der Waals surface area contributed by atoms with E-state index < -0.39 is 0 Å². The predicted octanol–water partition coefficient (Wildman–Crippen LogP) is 3.92. The molecule has 17 heavy (non-hydrogen) atoms. The largest absolute Gasteiger partial charge is 0.271 e. The molecule has 1 aromatic rings. The summed E-state index contributed by atoms with van der Waals surface area (Å²) in [7, 11) is 0. The number of aryl methyl sites for hydroxylation is 1. The molecule has 2 nitrogen and oxygen atoms in total. The van der Waals surface area contributed by atoms with Gasteiger partial charge in [0, 0.05) is 10.9 Å². The minimum absolute atomic E-state index is 0.350. The summed E-state index contributed by atoms with van der Waals surface area (Å²) in [5, 5.41) is 2.16. The van der Waals surface area contributed by atoms with Gasteiger partial charge in [0.2, 0.25) is 0 Å². The highest BCUT2D eigenvalue weighted by atomic mass is 32.1. The van der Waals surface area contributed by atoms with Crippen molar-refractivity contribution in [2.75, 3.05) is 0 Å². The van der Waals surface area contributed by atoms with Crippen molar-refractivity contribution >= 4 is 11.3 Å². The highest BCUT2D eigenvalue weighted by Gasteiger charge is 2.18. The van der Waals surface area contributed by atoms with E-state index in [9.17, 15) is 0 Å². The molecule has 0 saturated heterocycles. The number of thiophene rings is 1. The summed E-state index contributed by atoms with van der Waals surface area (Å²) in [6, 6.07) is 2.56. The highest BCUT2D eigenvalue weighted by molar-refractivity contribution is 7.10. The van der Waals surface area contributed by atoms with Crippen molar-refractivity contribution in [2.24, 2.45) is 11.8 Å². The van der Waals surface area contributed by atoms with E-state index in [0.29, 0.717) is 6.04 Å². The number of hydrogen-bond acceptors (Lipinski definition) is 3. The number of hydrogen-bond donors (Lipinski definition) is 2. The second-order valence-electron chi connectivity index (χ2n) is 5.23. The van der Waals surface area contributed by atoms with Crippen LogP contribution >= 0.6 is 11.3 Å². The van der Waals surface area contributed by atoms with Crippen LogP contribution in [0.2, 0.25) is 0 Å². The molecule has 0 aliphatic heterocycles. The summed E-state index contributed by atoms with van der Waals surface area (Å²) in [4.78, 5) is 1.40. The zero-order valence-corrected chi connectivity index (χ0v) is 11.6. The van der Waals surface area contributed by atoms with Crippen LogP contribution in [0.4, 0.5) is 0 Å². The molecular formula is C14H24N2S. The van der Waals surface area contributed by atoms with E-state index in [1.165, 1.54) is 55.4 Å². The van der Waals surface area contributed by atoms with Crippen LogP contribution in [0.1, 0.15) is 61.4 Å². The van der Waals surface area contributed by atoms with Crippen molar-refractivity contribution in [3.05, 3.63) is 21.9 Å². The van der Waals surface area contributed by atoms with E-state index in [0.717, 1.165) is 5.92 Å². The third-order valence-electron chi connectivity index (χ3n) is 4.06. The number of hydrazine groups is 1. The second-order valence-corrected chi connectivity index (χ2v) is 6.35. The lowest BCUT2D eigenvalue weighted by molar-refractivity contribution is 0.315. The fraction of sp³-hybridized carbons (Fsp3) is 0.714. The topological polar surface area (TPSA) is 38.0 Å². The molecule has 0 aromatic carbocycles. The second kappa shape index (κ2) is 6.53. The van der Waals surface area contributed by atoms with E-state index >= 15 is 0 Å². The molecule has 0 amide bonds. The molecule has 1 aliphatic carbocycles. The van der Waals surface area contributed by atoms with Crippen LogP contribution in [0.15, 0.2) is 11.4 Å². The van der Waals surface area contributed by atoms with Gasteiger partial charge in [0.1, 0.15) is 0 Å². The standard InChI is InChI=1S/C14H24N2S/c1-11-13(9-10-17-11)14(16-15)8-7-12-5-3-2-4-6-12/h9-10,12,14,16H,2-8,15H2,1H3. The normalized spacial score (nSPS) is 19.4. The van der Waals surface area contributed by atoms with Gasteiger partial charge in [-0.3, -0.25) is 11.3 Å². The summed E-state index contributed by atoms with van der Waals surface area (Å²) in [5.74, 6) is 6.65. The fourth-order valence-electron chi connectivity index (χ4n) is 2.96. The molecule has 96 valence electrons. The van der Waals surface area contributed by atoms with Gasteiger partial charge in [0.05, 0.1) is 0 Å². The van der Waals surface area contributed by atoms with Crippen LogP contribution in [0, 0.1) is 12.8 Å². The molecule has 1 fully saturated rings. The van der Waals surface area contributed by atoms with Crippen molar-refractivity contribution < 1.29 is 0 Å². The van der Waals surface area contributed by atoms with Crippen LogP contribution in [0.3, 0.4) is 0 Å². The Morgan fingerprint density at radius 2 is 2.18 bits per heavy atom. The molecule has 1 heterocycles. The third kappa shape index (κ3) is 3.54. The first kappa shape index (κ1) is 13.1. The third-order valence-corrected chi connectivity index (χ3v) is 4.93. The van der Waals surface area contributed by atoms with Gasteiger partial charge in [-0.1, -0.05) is 32.1 Å². The summed E-state index contributed by atoms with van der Waals surface area (Å²) < 4.78 is 0. The molecule has 1 saturated carbocycles. The Bertz CT molecular complexity index is 329. The van der Waals surface area contributed by atoms with Gasteiger partial charge in [-0.2, -0.15) is 0 Å². The molecule has 1 aliphatic rings. The van der Waals surface area contributed by atoms with Crippen molar-refractivity contribution in [3.63, 3.8) is 0 Å². The molecule has 1 atom stereocenters. The maximum atomic E-state index is 5.70. The first-order valence-electron chi connectivity index (χ1n) is 6.81. The molecular weight excluding hydrogens is 228 g/mol. The lowest BCUT2D eigenvalue weighted by Gasteiger charge is -2.24. The zero-order valence-electron chi connectivity index (χ0n) is 10.7. The predicted molar refractivity (Wildman–Crippen MR) is 74.9 cm³/mol. The Balaban J connectivity index is 1.85. The van der Waals surface area contributed by atoms with Gasteiger partial charge in [-0.05, 0) is 42.7 Å². The molecule has 2 rings (SSSR count). The SMILES string of the molecule is Cc1sccc1C(CCC1CCCCC1)NN. The number of nitrogens with two attached hydrogens (primary N) is 1. The first-order chi connectivity index (χ1) is 8.31. The molecule has 3 heteroatoms. The van der Waals surface area contributed by atoms with Gasteiger partial charge in [0.25, 0.3) is 0 Å². The monoisotopic (exact) mass is 252 g/mol. The highest BCUT2D eigenvalue weighted by Crippen LogP contribution is 2.31. The van der Waals surface area contributed by atoms with Crippen molar-refractivity contribution in [1.82, 2.24) is 5.43 Å². The number of rotatable bonds is 5. The minimum atomic E-state index is 0.350. The van der Waals surface area contributed by atoms with Crippen LogP contribution in [0.5, 0.6) is 0 Å². The first-order valence-corrected chi connectivity index (χ1v) is 7.69. The Labute approximate surface area is 109 Å². The maximum Gasteiger partial charge on any atom is 0.0471 e. The van der Waals surface area contributed by atoms with Crippen molar-refractivity contribution in [2.45, 2.75) is 57.9 Å². The minimum Gasteiger partial charge on any atom is -0.271 e. The van der Waals surface area contributed by atoms with Gasteiger partial charge in [-0.25, -0.2) is 0 Å². The lowest BCUT2D eigenvalue weighted by Crippen LogP contribution is -2.28. The molecule has 1 unspecified atom stereocenters. The summed E-state index contributed by atoms with van der Waals surface area (Å²) in [5.41, 5.74) is 4.39. The van der Waals surface area contributed by atoms with Gasteiger partial charge >= 0.3 is 0 Å². The van der Waals surface area contributed by atoms with Crippen LogP contribution < -0.4 is 11.3 Å². The van der Waals surface area contributed by atoms with E-state index in [-0.39, 0.29) is 0 Å². The van der Waals surface area contributed by atoms with E-state index in [4.69, 9.17) is 5.84 Å². The lowest BCUT2D eigenvalue weighted by atomic mass is 9.84. The molecule has 0 bridgehead atoms. The fourth-order valence-corrected chi connectivity index (χ4v) is 3.73. The zero-order chi connectivity index (χ0) is 12.1. The maximum absolute atomic E-state index is 5.70. The number of nitrogens with one attached hydrogen (secondary N) is 1. The quantitative estimate of drug-likeness (QED) is 0.615. The van der Waals surface area contributed by atoms with Crippen LogP contribution in [-0.4, -0.2) is 0 Å². The van der Waals surface area contributed by atoms with Crippen molar-refractivity contribution in [1.29, 1.82) is 0 Å². The van der Waals surface area contributed by atoms with E-state index in [1.54, 1.807) is 0 Å². The Morgan fingerprint density at radius 3 is 2.76 bits per heavy atom. The van der Waals surface area contributed by atoms with E-state index in [1.807, 2.05) is 11.3 Å². The molecule has 3 N–H and O–H groups in total. The van der Waals surface area contributed by atoms with Gasteiger partial charge in [-0.15, -0.1) is 11.3 Å². The van der Waals surface area contributed by atoms with Gasteiger partial charge < -0.3 is 0 Å².